The molecule has 2 N–H and O–H groups in total. The number of nitrogens with zero attached hydrogens (tertiary/aromatic N) is 1. The fourth-order valence-electron chi connectivity index (χ4n) is 2.48. The van der Waals surface area contributed by atoms with Crippen molar-refractivity contribution >= 4 is 18.3 Å². The fraction of sp³-hybridized carbons (Fsp3) is 0.917. The number of carbonyl (C=O) groups is 1. The first-order valence-corrected chi connectivity index (χ1v) is 6.03. The van der Waals surface area contributed by atoms with Gasteiger partial charge in [-0.25, -0.2) is 0 Å². The van der Waals surface area contributed by atoms with Gasteiger partial charge in [0.05, 0.1) is 5.92 Å². The molecule has 0 heterocycles. The van der Waals surface area contributed by atoms with Crippen LogP contribution in [0.2, 0.25) is 0 Å². The summed E-state index contributed by atoms with van der Waals surface area (Å²) in [6.45, 7) is 4.95. The Kier molecular flexibility index (Phi) is 6.34. The fourth-order valence-corrected chi connectivity index (χ4v) is 2.48. The first kappa shape index (κ1) is 15.7. The Labute approximate surface area is 105 Å². The Bertz CT molecular complexity index is 231. The van der Waals surface area contributed by atoms with Gasteiger partial charge < -0.3 is 10.6 Å². The molecule has 0 saturated heterocycles. The smallest absolute Gasteiger partial charge is 0.227 e. The van der Waals surface area contributed by atoms with E-state index in [0.717, 1.165) is 38.6 Å². The highest BCUT2D eigenvalue weighted by atomic mass is 35.5. The molecule has 0 aromatic rings. The minimum atomic E-state index is -0.294. The quantitative estimate of drug-likeness (QED) is 0.832. The van der Waals surface area contributed by atoms with Crippen LogP contribution in [0.4, 0.5) is 0 Å². The van der Waals surface area contributed by atoms with E-state index in [2.05, 4.69) is 6.92 Å². The lowest BCUT2D eigenvalue weighted by molar-refractivity contribution is -0.137. The average Bonchev–Trinajstić information content (AvgIpc) is 2.16. The van der Waals surface area contributed by atoms with Gasteiger partial charge in [0, 0.05) is 19.1 Å². The normalized spacial score (nSPS) is 29.4. The Morgan fingerprint density at radius 3 is 2.62 bits per heavy atom. The summed E-state index contributed by atoms with van der Waals surface area (Å²) in [5.74, 6) is 0.268. The van der Waals surface area contributed by atoms with Crippen LogP contribution in [0.15, 0.2) is 0 Å². The van der Waals surface area contributed by atoms with E-state index in [0.29, 0.717) is 0 Å². The summed E-state index contributed by atoms with van der Waals surface area (Å²) in [6.07, 6.45) is 5.25. The van der Waals surface area contributed by atoms with Crippen molar-refractivity contribution in [2.45, 2.75) is 51.5 Å². The molecule has 2 unspecified atom stereocenters. The molecule has 0 aromatic carbocycles. The number of hydrogen-bond acceptors (Lipinski definition) is 2. The number of halogens is 1. The standard InChI is InChI=1S/C12H24N2O.ClH/c1-4-9-14(3)11(15)10-7-5-6-8-12(10,2)13;/h10H,4-9,13H2,1-3H3;1H. The van der Waals surface area contributed by atoms with Gasteiger partial charge in [0.25, 0.3) is 0 Å². The van der Waals surface area contributed by atoms with Crippen LogP contribution < -0.4 is 5.73 Å². The second-order valence-corrected chi connectivity index (χ2v) is 5.06. The first-order chi connectivity index (χ1) is 6.99. The van der Waals surface area contributed by atoms with Gasteiger partial charge in [-0.2, -0.15) is 0 Å². The number of carbonyl (C=O) groups excluding carboxylic acids is 1. The van der Waals surface area contributed by atoms with Gasteiger partial charge in [-0.05, 0) is 26.2 Å². The van der Waals surface area contributed by atoms with Crippen molar-refractivity contribution in [2.75, 3.05) is 13.6 Å². The molecule has 3 nitrogen and oxygen atoms in total. The van der Waals surface area contributed by atoms with Gasteiger partial charge in [0.15, 0.2) is 0 Å². The van der Waals surface area contributed by atoms with E-state index in [1.807, 2.05) is 18.9 Å². The number of hydrogen-bond donors (Lipinski definition) is 1. The largest absolute Gasteiger partial charge is 0.345 e. The van der Waals surface area contributed by atoms with E-state index in [4.69, 9.17) is 5.73 Å². The maximum Gasteiger partial charge on any atom is 0.227 e. The zero-order chi connectivity index (χ0) is 11.5. The molecule has 1 amide bonds. The highest BCUT2D eigenvalue weighted by Gasteiger charge is 2.38. The van der Waals surface area contributed by atoms with E-state index in [9.17, 15) is 4.79 Å². The maximum absolute atomic E-state index is 12.1. The molecule has 16 heavy (non-hydrogen) atoms. The summed E-state index contributed by atoms with van der Waals surface area (Å²) in [4.78, 5) is 14.0. The van der Waals surface area contributed by atoms with Crippen LogP contribution in [0.5, 0.6) is 0 Å². The Morgan fingerprint density at radius 2 is 2.12 bits per heavy atom. The molecule has 2 atom stereocenters. The predicted octanol–water partition coefficient (Wildman–Crippen LogP) is 2.18. The van der Waals surface area contributed by atoms with Crippen molar-refractivity contribution in [3.63, 3.8) is 0 Å². The highest BCUT2D eigenvalue weighted by Crippen LogP contribution is 2.32. The lowest BCUT2D eigenvalue weighted by Crippen LogP contribution is -2.53. The van der Waals surface area contributed by atoms with E-state index < -0.39 is 0 Å². The summed E-state index contributed by atoms with van der Waals surface area (Å²) >= 11 is 0. The van der Waals surface area contributed by atoms with E-state index in [1.54, 1.807) is 0 Å². The predicted molar refractivity (Wildman–Crippen MR) is 69.7 cm³/mol. The lowest BCUT2D eigenvalue weighted by atomic mass is 9.74. The van der Waals surface area contributed by atoms with Crippen molar-refractivity contribution in [2.24, 2.45) is 11.7 Å². The van der Waals surface area contributed by atoms with Crippen LogP contribution >= 0.6 is 12.4 Å². The number of nitrogens with two attached hydrogens (primary N) is 1. The molecular weight excluding hydrogens is 224 g/mol. The molecule has 96 valence electrons. The van der Waals surface area contributed by atoms with Crippen LogP contribution in [0.3, 0.4) is 0 Å². The zero-order valence-corrected chi connectivity index (χ0v) is 11.5. The van der Waals surface area contributed by atoms with Gasteiger partial charge in [-0.15, -0.1) is 12.4 Å². The molecule has 1 rings (SSSR count). The summed E-state index contributed by atoms with van der Waals surface area (Å²) in [5, 5.41) is 0. The monoisotopic (exact) mass is 248 g/mol. The number of rotatable bonds is 3. The molecule has 1 aliphatic rings. The van der Waals surface area contributed by atoms with Crippen molar-refractivity contribution < 1.29 is 4.79 Å². The minimum Gasteiger partial charge on any atom is -0.345 e. The molecular formula is C12H25ClN2O. The van der Waals surface area contributed by atoms with E-state index >= 15 is 0 Å². The molecule has 1 fully saturated rings. The molecule has 0 radical (unpaired) electrons. The maximum atomic E-state index is 12.1. The van der Waals surface area contributed by atoms with Gasteiger partial charge in [0.2, 0.25) is 5.91 Å². The molecule has 0 spiro atoms. The summed E-state index contributed by atoms with van der Waals surface area (Å²) in [6, 6.07) is 0. The summed E-state index contributed by atoms with van der Waals surface area (Å²) in [5.41, 5.74) is 5.92. The van der Waals surface area contributed by atoms with Crippen LogP contribution in [-0.2, 0) is 4.79 Å². The average molecular weight is 249 g/mol. The van der Waals surface area contributed by atoms with Crippen molar-refractivity contribution in [3.05, 3.63) is 0 Å². The lowest BCUT2D eigenvalue weighted by Gasteiger charge is -2.39. The SMILES string of the molecule is CCCN(C)C(=O)C1CCCCC1(C)N.Cl. The molecule has 1 aliphatic carbocycles. The van der Waals surface area contributed by atoms with Crippen LogP contribution in [-0.4, -0.2) is 29.9 Å². The molecule has 1 saturated carbocycles. The van der Waals surface area contributed by atoms with Gasteiger partial charge in [0.1, 0.15) is 0 Å². The van der Waals surface area contributed by atoms with Crippen molar-refractivity contribution in [1.29, 1.82) is 0 Å². The highest BCUT2D eigenvalue weighted by molar-refractivity contribution is 5.85. The van der Waals surface area contributed by atoms with Gasteiger partial charge in [-0.3, -0.25) is 4.79 Å². The third-order valence-corrected chi connectivity index (χ3v) is 3.49. The molecule has 0 bridgehead atoms. The van der Waals surface area contributed by atoms with E-state index in [-0.39, 0.29) is 29.8 Å². The Morgan fingerprint density at radius 1 is 1.50 bits per heavy atom. The second kappa shape index (κ2) is 6.45. The third-order valence-electron chi connectivity index (χ3n) is 3.49. The second-order valence-electron chi connectivity index (χ2n) is 5.06. The molecule has 0 aliphatic heterocycles. The van der Waals surface area contributed by atoms with E-state index in [1.165, 1.54) is 0 Å². The first-order valence-electron chi connectivity index (χ1n) is 6.03. The van der Waals surface area contributed by atoms with Gasteiger partial charge in [-0.1, -0.05) is 19.8 Å². The van der Waals surface area contributed by atoms with Crippen LogP contribution in [0.1, 0.15) is 46.0 Å². The van der Waals surface area contributed by atoms with Crippen LogP contribution in [0.25, 0.3) is 0 Å². The third kappa shape index (κ3) is 3.63. The van der Waals surface area contributed by atoms with Crippen LogP contribution in [0, 0.1) is 5.92 Å². The Balaban J connectivity index is 0.00000225. The molecule has 0 aromatic heterocycles. The minimum absolute atomic E-state index is 0. The van der Waals surface area contributed by atoms with Gasteiger partial charge >= 0.3 is 0 Å². The topological polar surface area (TPSA) is 46.3 Å². The Hall–Kier alpha value is -0.280. The zero-order valence-electron chi connectivity index (χ0n) is 10.7. The molecule has 4 heteroatoms. The summed E-state index contributed by atoms with van der Waals surface area (Å²) < 4.78 is 0. The number of amides is 1. The summed E-state index contributed by atoms with van der Waals surface area (Å²) in [7, 11) is 1.89. The van der Waals surface area contributed by atoms with Crippen molar-refractivity contribution in [3.8, 4) is 0 Å². The van der Waals surface area contributed by atoms with Crippen molar-refractivity contribution in [1.82, 2.24) is 4.90 Å².